The van der Waals surface area contributed by atoms with Crippen molar-refractivity contribution >= 4 is 23.5 Å². The van der Waals surface area contributed by atoms with E-state index in [1.54, 1.807) is 6.07 Å². The van der Waals surface area contributed by atoms with Crippen LogP contribution in [0.4, 0.5) is 10.5 Å². The van der Waals surface area contributed by atoms with E-state index < -0.39 is 0 Å². The molecular weight excluding hydrogens is 332 g/mol. The molecule has 26 heavy (non-hydrogen) atoms. The number of benzene rings is 1. The topological polar surface area (TPSA) is 105 Å². The molecule has 1 saturated heterocycles. The monoisotopic (exact) mass is 358 g/mol. The van der Waals surface area contributed by atoms with Gasteiger partial charge in [-0.25, -0.2) is 4.79 Å². The molecule has 0 radical (unpaired) electrons. The summed E-state index contributed by atoms with van der Waals surface area (Å²) in [7, 11) is 0. The van der Waals surface area contributed by atoms with Crippen LogP contribution in [0.25, 0.3) is 0 Å². The van der Waals surface area contributed by atoms with Crippen LogP contribution in [0, 0.1) is 5.41 Å². The molecule has 1 aliphatic heterocycles. The Morgan fingerprint density at radius 2 is 2.00 bits per heavy atom. The Balaban J connectivity index is 1.62. The fourth-order valence-electron chi connectivity index (χ4n) is 3.85. The van der Waals surface area contributed by atoms with E-state index in [-0.39, 0.29) is 36.3 Å². The van der Waals surface area contributed by atoms with Gasteiger partial charge in [-0.15, -0.1) is 0 Å². The van der Waals surface area contributed by atoms with Gasteiger partial charge in [0.2, 0.25) is 11.8 Å². The fourth-order valence-corrected chi connectivity index (χ4v) is 3.85. The second kappa shape index (κ2) is 7.86. The highest BCUT2D eigenvalue weighted by Crippen LogP contribution is 2.38. The van der Waals surface area contributed by atoms with E-state index >= 15 is 0 Å². The molecule has 0 unspecified atom stereocenters. The minimum atomic E-state index is -0.383. The molecule has 140 valence electrons. The third kappa shape index (κ3) is 4.22. The number of carbonyl (C=O) groups excluding carboxylic acids is 3. The average Bonchev–Trinajstić information content (AvgIpc) is 2.94. The number of imide groups is 1. The van der Waals surface area contributed by atoms with Crippen LogP contribution in [0.2, 0.25) is 0 Å². The molecule has 4 N–H and O–H groups in total. The third-order valence-electron chi connectivity index (χ3n) is 5.37. The van der Waals surface area contributed by atoms with Crippen molar-refractivity contribution in [3.63, 3.8) is 0 Å². The first-order valence-electron chi connectivity index (χ1n) is 9.18. The fraction of sp³-hybridized carbons (Fsp3) is 0.526. The van der Waals surface area contributed by atoms with Crippen molar-refractivity contribution < 1.29 is 14.4 Å². The maximum absolute atomic E-state index is 12.5. The number of nitrogens with two attached hydrogens (primary N) is 1. The molecule has 0 bridgehead atoms. The van der Waals surface area contributed by atoms with Crippen LogP contribution >= 0.6 is 0 Å². The van der Waals surface area contributed by atoms with Crippen LogP contribution in [0.3, 0.4) is 0 Å². The lowest BCUT2D eigenvalue weighted by molar-refractivity contribution is -0.125. The Kier molecular flexibility index (Phi) is 5.56. The normalized spacial score (nSPS) is 19.3. The summed E-state index contributed by atoms with van der Waals surface area (Å²) >= 11 is 0. The molecule has 3 rings (SSSR count). The highest BCUT2D eigenvalue weighted by atomic mass is 16.2. The molecule has 2 aliphatic rings. The van der Waals surface area contributed by atoms with Gasteiger partial charge in [0.15, 0.2) is 0 Å². The molecule has 7 heteroatoms. The van der Waals surface area contributed by atoms with Gasteiger partial charge in [-0.3, -0.25) is 14.5 Å². The predicted molar refractivity (Wildman–Crippen MR) is 98.2 cm³/mol. The minimum Gasteiger partial charge on any atom is -0.330 e. The smallest absolute Gasteiger partial charge is 0.324 e. The zero-order valence-corrected chi connectivity index (χ0v) is 14.9. The maximum Gasteiger partial charge on any atom is 0.324 e. The molecule has 1 saturated carbocycles. The van der Waals surface area contributed by atoms with Crippen LogP contribution in [-0.2, 0) is 16.1 Å². The summed E-state index contributed by atoms with van der Waals surface area (Å²) in [4.78, 5) is 37.0. The van der Waals surface area contributed by atoms with E-state index in [0.717, 1.165) is 31.2 Å². The molecule has 0 atom stereocenters. The number of anilines is 1. The number of amides is 4. The van der Waals surface area contributed by atoms with Crippen LogP contribution < -0.4 is 16.4 Å². The molecule has 0 aromatic heterocycles. The second-order valence-corrected chi connectivity index (χ2v) is 7.33. The Morgan fingerprint density at radius 1 is 1.23 bits per heavy atom. The number of urea groups is 1. The Hall–Kier alpha value is -2.41. The van der Waals surface area contributed by atoms with Crippen LogP contribution in [0.15, 0.2) is 24.3 Å². The zero-order chi connectivity index (χ0) is 18.6. The summed E-state index contributed by atoms with van der Waals surface area (Å²) in [6, 6.07) is 6.86. The minimum absolute atomic E-state index is 0.0375. The van der Waals surface area contributed by atoms with E-state index in [9.17, 15) is 14.4 Å². The largest absolute Gasteiger partial charge is 0.330 e. The van der Waals surface area contributed by atoms with Gasteiger partial charge >= 0.3 is 6.03 Å². The van der Waals surface area contributed by atoms with Crippen LogP contribution in [0.5, 0.6) is 0 Å². The highest BCUT2D eigenvalue weighted by Gasteiger charge is 2.33. The van der Waals surface area contributed by atoms with E-state index in [2.05, 4.69) is 10.6 Å². The van der Waals surface area contributed by atoms with Gasteiger partial charge in [0.25, 0.3) is 0 Å². The summed E-state index contributed by atoms with van der Waals surface area (Å²) in [5, 5.41) is 5.44. The van der Waals surface area contributed by atoms with Crippen molar-refractivity contribution in [2.45, 2.75) is 45.1 Å². The number of nitrogens with zero attached hydrogens (tertiary/aromatic N) is 1. The average molecular weight is 358 g/mol. The molecule has 0 spiro atoms. The van der Waals surface area contributed by atoms with Gasteiger partial charge in [-0.1, -0.05) is 31.4 Å². The maximum atomic E-state index is 12.5. The van der Waals surface area contributed by atoms with Crippen molar-refractivity contribution in [3.05, 3.63) is 29.8 Å². The van der Waals surface area contributed by atoms with Gasteiger partial charge in [0.05, 0.1) is 13.1 Å². The van der Waals surface area contributed by atoms with E-state index in [4.69, 9.17) is 5.73 Å². The number of hydrogen-bond acceptors (Lipinski definition) is 4. The standard InChI is InChI=1S/C19H26N4O3/c20-13-19(7-2-1-3-8-19)10-16(24)22-15-6-4-5-14(9-15)12-23-17(25)11-21-18(23)26/h4-6,9H,1-3,7-8,10-13,20H2,(H,21,26)(H,22,24). The van der Waals surface area contributed by atoms with Crippen molar-refractivity contribution in [1.29, 1.82) is 0 Å². The molecule has 4 amide bonds. The molecule has 1 aliphatic carbocycles. The van der Waals surface area contributed by atoms with Crippen LogP contribution in [-0.4, -0.2) is 35.8 Å². The highest BCUT2D eigenvalue weighted by molar-refractivity contribution is 6.01. The summed E-state index contributed by atoms with van der Waals surface area (Å²) in [6.07, 6.45) is 5.92. The first-order chi connectivity index (χ1) is 12.5. The molecule has 2 fully saturated rings. The Morgan fingerprint density at radius 3 is 2.65 bits per heavy atom. The zero-order valence-electron chi connectivity index (χ0n) is 14.9. The summed E-state index contributed by atoms with van der Waals surface area (Å²) in [5.74, 6) is -0.281. The lowest BCUT2D eigenvalue weighted by Crippen LogP contribution is -2.36. The first-order valence-corrected chi connectivity index (χ1v) is 9.18. The molecule has 1 aromatic carbocycles. The molecule has 1 aromatic rings. The summed E-state index contributed by atoms with van der Waals surface area (Å²) < 4.78 is 0. The molecule has 1 heterocycles. The number of rotatable bonds is 6. The van der Waals surface area contributed by atoms with Gasteiger partial charge in [-0.2, -0.15) is 0 Å². The van der Waals surface area contributed by atoms with Crippen LogP contribution in [0.1, 0.15) is 44.1 Å². The van der Waals surface area contributed by atoms with Gasteiger partial charge in [0, 0.05) is 12.1 Å². The molecular formula is C19H26N4O3. The Labute approximate surface area is 153 Å². The van der Waals surface area contributed by atoms with Crippen molar-refractivity contribution in [1.82, 2.24) is 10.2 Å². The lowest BCUT2D eigenvalue weighted by Gasteiger charge is -2.35. The predicted octanol–water partition coefficient (Wildman–Crippen LogP) is 1.98. The number of hydrogen-bond donors (Lipinski definition) is 3. The van der Waals surface area contributed by atoms with E-state index in [1.807, 2.05) is 18.2 Å². The summed E-state index contributed by atoms with van der Waals surface area (Å²) in [6.45, 7) is 0.768. The van der Waals surface area contributed by atoms with E-state index in [0.29, 0.717) is 18.7 Å². The van der Waals surface area contributed by atoms with Gasteiger partial charge in [-0.05, 0) is 42.5 Å². The third-order valence-corrected chi connectivity index (χ3v) is 5.37. The van der Waals surface area contributed by atoms with Crippen molar-refractivity contribution in [2.75, 3.05) is 18.4 Å². The van der Waals surface area contributed by atoms with Crippen molar-refractivity contribution in [3.8, 4) is 0 Å². The van der Waals surface area contributed by atoms with Gasteiger partial charge in [0.1, 0.15) is 0 Å². The lowest BCUT2D eigenvalue weighted by atomic mass is 9.71. The second-order valence-electron chi connectivity index (χ2n) is 7.33. The quantitative estimate of drug-likeness (QED) is 0.676. The number of carbonyl (C=O) groups is 3. The number of nitrogens with one attached hydrogen (secondary N) is 2. The molecule has 7 nitrogen and oxygen atoms in total. The van der Waals surface area contributed by atoms with Gasteiger partial charge < -0.3 is 16.4 Å². The van der Waals surface area contributed by atoms with Crippen molar-refractivity contribution in [2.24, 2.45) is 11.1 Å². The SMILES string of the molecule is NCC1(CC(=O)Nc2cccc(CN3C(=O)CNC3=O)c2)CCCCC1. The van der Waals surface area contributed by atoms with E-state index in [1.165, 1.54) is 11.3 Å². The first kappa shape index (κ1) is 18.4. The summed E-state index contributed by atoms with van der Waals surface area (Å²) in [5.41, 5.74) is 7.34. The Bertz CT molecular complexity index is 682.